The van der Waals surface area contributed by atoms with E-state index in [4.69, 9.17) is 16.3 Å². The minimum Gasteiger partial charge on any atom is -0.497 e. The summed E-state index contributed by atoms with van der Waals surface area (Å²) < 4.78 is 20.1. The molecule has 0 radical (unpaired) electrons. The number of amides is 1. The van der Waals surface area contributed by atoms with Gasteiger partial charge in [0, 0.05) is 10.6 Å². The second-order valence-corrected chi connectivity index (χ2v) is 7.66. The highest BCUT2D eigenvalue weighted by atomic mass is 35.5. The molecule has 0 spiro atoms. The van der Waals surface area contributed by atoms with E-state index in [-0.39, 0.29) is 28.1 Å². The zero-order valence-corrected chi connectivity index (χ0v) is 18.6. The number of carbonyl (C=O) groups excluding carboxylic acids is 1. The van der Waals surface area contributed by atoms with Gasteiger partial charge in [-0.3, -0.25) is 9.59 Å². The van der Waals surface area contributed by atoms with Crippen LogP contribution in [-0.4, -0.2) is 22.8 Å². The number of anilines is 1. The van der Waals surface area contributed by atoms with E-state index in [0.29, 0.717) is 22.0 Å². The van der Waals surface area contributed by atoms with Gasteiger partial charge in [0.25, 0.3) is 5.91 Å². The predicted molar refractivity (Wildman–Crippen MR) is 126 cm³/mol. The van der Waals surface area contributed by atoms with Gasteiger partial charge in [0.15, 0.2) is 0 Å². The fraction of sp³-hybridized carbons (Fsp3) is 0.0800. The molecule has 4 aromatic rings. The maximum absolute atomic E-state index is 13.3. The Balaban J connectivity index is 1.97. The lowest BCUT2D eigenvalue weighted by molar-refractivity contribution is 0.102. The predicted octanol–water partition coefficient (Wildman–Crippen LogP) is 5.26. The summed E-state index contributed by atoms with van der Waals surface area (Å²) >= 11 is 6.19. The number of aryl methyl sites for hydroxylation is 1. The van der Waals surface area contributed by atoms with Crippen LogP contribution >= 0.6 is 11.6 Å². The topological polar surface area (TPSA) is 73.2 Å². The number of nitrogens with one attached hydrogen (secondary N) is 1. The Hall–Kier alpha value is -3.97. The Kier molecular flexibility index (Phi) is 6.24. The molecule has 3 aromatic carbocycles. The third kappa shape index (κ3) is 4.63. The maximum Gasteiger partial charge on any atom is 0.256 e. The van der Waals surface area contributed by atoms with Gasteiger partial charge in [-0.2, -0.15) is 5.10 Å². The summed E-state index contributed by atoms with van der Waals surface area (Å²) in [6.07, 6.45) is 0. The number of rotatable bonds is 5. The summed E-state index contributed by atoms with van der Waals surface area (Å²) in [6, 6.07) is 18.9. The number of methoxy groups -OCH3 is 1. The third-order valence-electron chi connectivity index (χ3n) is 5.00. The van der Waals surface area contributed by atoms with E-state index in [1.165, 1.54) is 36.1 Å². The Morgan fingerprint density at radius 2 is 1.79 bits per heavy atom. The van der Waals surface area contributed by atoms with Crippen molar-refractivity contribution < 1.29 is 13.9 Å². The van der Waals surface area contributed by atoms with Crippen molar-refractivity contribution >= 4 is 23.3 Å². The van der Waals surface area contributed by atoms with Crippen LogP contribution in [0.2, 0.25) is 5.02 Å². The maximum atomic E-state index is 13.3. The molecule has 0 saturated carbocycles. The number of halogens is 2. The Morgan fingerprint density at radius 1 is 1.06 bits per heavy atom. The van der Waals surface area contributed by atoms with Gasteiger partial charge in [-0.25, -0.2) is 9.07 Å². The molecule has 6 nitrogen and oxygen atoms in total. The lowest BCUT2D eigenvalue weighted by Gasteiger charge is -2.19. The van der Waals surface area contributed by atoms with Crippen molar-refractivity contribution in [3.05, 3.63) is 105 Å². The Morgan fingerprint density at radius 3 is 2.48 bits per heavy atom. The van der Waals surface area contributed by atoms with Crippen LogP contribution in [0.15, 0.2) is 77.6 Å². The smallest absolute Gasteiger partial charge is 0.256 e. The normalized spacial score (nSPS) is 10.7. The minimum absolute atomic E-state index is 0.149. The zero-order valence-electron chi connectivity index (χ0n) is 17.8. The van der Waals surface area contributed by atoms with Crippen molar-refractivity contribution in [2.75, 3.05) is 12.4 Å². The van der Waals surface area contributed by atoms with Gasteiger partial charge in [0.1, 0.15) is 23.1 Å². The summed E-state index contributed by atoms with van der Waals surface area (Å²) in [7, 11) is 1.53. The van der Waals surface area contributed by atoms with Gasteiger partial charge >= 0.3 is 0 Å². The fourth-order valence-electron chi connectivity index (χ4n) is 3.38. The van der Waals surface area contributed by atoms with E-state index in [0.717, 1.165) is 0 Å². The molecule has 0 unspecified atom stereocenters. The van der Waals surface area contributed by atoms with Crippen LogP contribution in [-0.2, 0) is 0 Å². The molecule has 0 bridgehead atoms. The third-order valence-corrected chi connectivity index (χ3v) is 5.24. The van der Waals surface area contributed by atoms with E-state index >= 15 is 0 Å². The largest absolute Gasteiger partial charge is 0.497 e. The summed E-state index contributed by atoms with van der Waals surface area (Å²) in [5, 5.41) is 7.67. The highest BCUT2D eigenvalue weighted by Crippen LogP contribution is 2.30. The molecule has 0 atom stereocenters. The lowest BCUT2D eigenvalue weighted by atomic mass is 10.0. The second-order valence-electron chi connectivity index (χ2n) is 7.22. The van der Waals surface area contributed by atoms with Gasteiger partial charge in [-0.05, 0) is 67.1 Å². The first-order valence-corrected chi connectivity index (χ1v) is 10.4. The van der Waals surface area contributed by atoms with E-state index < -0.39 is 11.7 Å². The first-order valence-electron chi connectivity index (χ1n) is 9.98. The van der Waals surface area contributed by atoms with Crippen molar-refractivity contribution in [3.63, 3.8) is 0 Å². The molecule has 0 aliphatic heterocycles. The number of hydrogen-bond acceptors (Lipinski definition) is 4. The molecule has 1 heterocycles. The first kappa shape index (κ1) is 22.2. The highest BCUT2D eigenvalue weighted by Gasteiger charge is 2.21. The molecule has 4 rings (SSSR count). The van der Waals surface area contributed by atoms with E-state index in [2.05, 4.69) is 10.4 Å². The van der Waals surface area contributed by atoms with Crippen molar-refractivity contribution in [1.82, 2.24) is 9.78 Å². The Bertz CT molecular complexity index is 1400. The first-order chi connectivity index (χ1) is 15.9. The molecular weight excluding hydrogens is 445 g/mol. The van der Waals surface area contributed by atoms with E-state index in [1.54, 1.807) is 55.5 Å². The molecule has 0 saturated heterocycles. The molecule has 1 amide bonds. The molecule has 1 N–H and O–H groups in total. The fourth-order valence-corrected chi connectivity index (χ4v) is 3.56. The lowest BCUT2D eigenvalue weighted by Crippen LogP contribution is -2.25. The number of ether oxygens (including phenoxy) is 1. The summed E-state index contributed by atoms with van der Waals surface area (Å²) in [5.41, 5.74) is 1.41. The summed E-state index contributed by atoms with van der Waals surface area (Å²) in [5.74, 6) is -0.293. The van der Waals surface area contributed by atoms with Crippen LogP contribution in [0.1, 0.15) is 16.1 Å². The summed E-state index contributed by atoms with van der Waals surface area (Å²) in [6.45, 7) is 1.60. The van der Waals surface area contributed by atoms with Crippen LogP contribution in [0.3, 0.4) is 0 Å². The molecule has 33 heavy (non-hydrogen) atoms. The van der Waals surface area contributed by atoms with Crippen LogP contribution in [0.25, 0.3) is 16.8 Å². The quantitative estimate of drug-likeness (QED) is 0.438. The number of nitrogens with zero attached hydrogens (tertiary/aromatic N) is 2. The average molecular weight is 464 g/mol. The molecule has 0 aliphatic carbocycles. The van der Waals surface area contributed by atoms with Crippen LogP contribution in [0.5, 0.6) is 5.75 Å². The molecule has 0 aliphatic rings. The van der Waals surface area contributed by atoms with Gasteiger partial charge in [-0.1, -0.05) is 29.8 Å². The zero-order chi connectivity index (χ0) is 23.5. The molecule has 0 fully saturated rings. The van der Waals surface area contributed by atoms with Gasteiger partial charge in [0.05, 0.1) is 18.4 Å². The van der Waals surface area contributed by atoms with Gasteiger partial charge in [-0.15, -0.1) is 0 Å². The van der Waals surface area contributed by atoms with Crippen molar-refractivity contribution in [2.45, 2.75) is 6.92 Å². The highest BCUT2D eigenvalue weighted by molar-refractivity contribution is 6.30. The molecule has 8 heteroatoms. The molecule has 166 valence electrons. The summed E-state index contributed by atoms with van der Waals surface area (Å²) in [4.78, 5) is 26.3. The van der Waals surface area contributed by atoms with Crippen LogP contribution < -0.4 is 15.5 Å². The molecule has 1 aromatic heterocycles. The number of carbonyl (C=O) groups is 1. The number of aromatic nitrogens is 2. The van der Waals surface area contributed by atoms with Crippen LogP contribution in [0, 0.1) is 12.7 Å². The van der Waals surface area contributed by atoms with Crippen molar-refractivity contribution in [2.24, 2.45) is 0 Å². The second kappa shape index (κ2) is 9.26. The standard InChI is InChI=1S/C25H19ClFN3O3/c1-15-23(31)22(17-5-3-8-21(13-17)33-2)24(28-25(32)16-9-11-19(27)12-10-16)30(29-15)20-7-4-6-18(26)14-20/h3-14H,1-2H3,(H,28,32). The number of benzene rings is 3. The van der Waals surface area contributed by atoms with Gasteiger partial charge < -0.3 is 10.1 Å². The van der Waals surface area contributed by atoms with Crippen LogP contribution in [0.4, 0.5) is 10.2 Å². The monoisotopic (exact) mass is 463 g/mol. The van der Waals surface area contributed by atoms with Crippen molar-refractivity contribution in [3.8, 4) is 22.6 Å². The van der Waals surface area contributed by atoms with E-state index in [1.807, 2.05) is 0 Å². The average Bonchev–Trinajstić information content (AvgIpc) is 2.82. The van der Waals surface area contributed by atoms with E-state index in [9.17, 15) is 14.0 Å². The Labute approximate surface area is 194 Å². The minimum atomic E-state index is -0.528. The SMILES string of the molecule is COc1cccc(-c2c(NC(=O)c3ccc(F)cc3)n(-c3cccc(Cl)c3)nc(C)c2=O)c1. The van der Waals surface area contributed by atoms with Crippen molar-refractivity contribution in [1.29, 1.82) is 0 Å². The molecular formula is C25H19ClFN3O3. The number of hydrogen-bond donors (Lipinski definition) is 1. The van der Waals surface area contributed by atoms with Gasteiger partial charge in [0.2, 0.25) is 5.43 Å².